The Labute approximate surface area is 313 Å². The lowest BCUT2D eigenvalue weighted by molar-refractivity contribution is -0.364. The minimum absolute atomic E-state index is 0.111. The maximum atomic E-state index is 13.3. The Balaban J connectivity index is 1.43. The van der Waals surface area contributed by atoms with Crippen molar-refractivity contribution in [1.29, 1.82) is 0 Å². The standard InChI is InChI=1S/C35H46O20/c1-14-24(42)26(44)29(47)35(51-14)55-32-30(48)34(49-9-8-16-3-6-18(38)20(40)11-16)53-22(13-50-33-28(46)27(45)25(43)21(12-36)52-33)31(32)54-23(41)7-4-15-2-5-17(37)19(39)10-15/h2-7,10-11,14,21-22,24-40,42-48H,8-9,12-13H2,1H3/b7-4+/t14-,21-,22+,24-,25-,26-,27-,28+,29-,30+,31+,32+,33-,34+,35+/m1/s1. The van der Waals surface area contributed by atoms with Gasteiger partial charge in [-0.25, -0.2) is 4.79 Å². The lowest BCUT2D eigenvalue weighted by Crippen LogP contribution is -2.65. The Hall–Kier alpha value is -3.71. The summed E-state index contributed by atoms with van der Waals surface area (Å²) >= 11 is 0. The van der Waals surface area contributed by atoms with Crippen molar-refractivity contribution in [2.45, 2.75) is 105 Å². The summed E-state index contributed by atoms with van der Waals surface area (Å²) in [5.41, 5.74) is 0.773. The summed E-state index contributed by atoms with van der Waals surface area (Å²) in [7, 11) is 0. The number of aliphatic hydroxyl groups is 8. The molecule has 0 aromatic heterocycles. The predicted octanol–water partition coefficient (Wildman–Crippen LogP) is -3.19. The maximum Gasteiger partial charge on any atom is 0.331 e. The van der Waals surface area contributed by atoms with Crippen LogP contribution in [0.25, 0.3) is 6.08 Å². The fourth-order valence-corrected chi connectivity index (χ4v) is 6.14. The number of esters is 1. The minimum Gasteiger partial charge on any atom is -0.504 e. The van der Waals surface area contributed by atoms with Crippen molar-refractivity contribution in [1.82, 2.24) is 0 Å². The van der Waals surface area contributed by atoms with E-state index in [1.165, 1.54) is 43.3 Å². The van der Waals surface area contributed by atoms with E-state index in [1.54, 1.807) is 0 Å². The van der Waals surface area contributed by atoms with Crippen molar-refractivity contribution in [2.24, 2.45) is 0 Å². The summed E-state index contributed by atoms with van der Waals surface area (Å²) in [6.45, 7) is -0.254. The topological polar surface area (TPSA) is 324 Å². The highest BCUT2D eigenvalue weighted by molar-refractivity contribution is 5.87. The van der Waals surface area contributed by atoms with Crippen molar-refractivity contribution in [3.63, 3.8) is 0 Å². The Morgan fingerprint density at radius 3 is 1.96 bits per heavy atom. The second-order valence-corrected chi connectivity index (χ2v) is 13.3. The first-order valence-electron chi connectivity index (χ1n) is 17.2. The average Bonchev–Trinajstić information content (AvgIpc) is 3.16. The van der Waals surface area contributed by atoms with Crippen molar-refractivity contribution >= 4 is 12.0 Å². The number of carbonyl (C=O) groups is 1. The Kier molecular flexibility index (Phi) is 14.3. The van der Waals surface area contributed by atoms with Crippen LogP contribution in [0.2, 0.25) is 0 Å². The summed E-state index contributed by atoms with van der Waals surface area (Å²) in [5.74, 6) is -2.71. The van der Waals surface area contributed by atoms with Crippen LogP contribution in [0, 0.1) is 0 Å². The van der Waals surface area contributed by atoms with Gasteiger partial charge in [0, 0.05) is 6.08 Å². The van der Waals surface area contributed by atoms with Gasteiger partial charge in [-0.05, 0) is 54.8 Å². The van der Waals surface area contributed by atoms with E-state index >= 15 is 0 Å². The fraction of sp³-hybridized carbons (Fsp3) is 0.571. The molecule has 15 atom stereocenters. The van der Waals surface area contributed by atoms with Crippen LogP contribution in [0.4, 0.5) is 0 Å². The summed E-state index contributed by atoms with van der Waals surface area (Å²) in [4.78, 5) is 13.3. The summed E-state index contributed by atoms with van der Waals surface area (Å²) < 4.78 is 40.2. The second-order valence-electron chi connectivity index (χ2n) is 13.3. The van der Waals surface area contributed by atoms with Crippen molar-refractivity contribution < 1.29 is 99.2 Å². The van der Waals surface area contributed by atoms with Crippen LogP contribution in [0.3, 0.4) is 0 Å². The smallest absolute Gasteiger partial charge is 0.331 e. The minimum atomic E-state index is -1.88. The van der Waals surface area contributed by atoms with Gasteiger partial charge in [0.25, 0.3) is 0 Å². The molecule has 55 heavy (non-hydrogen) atoms. The number of carbonyl (C=O) groups excluding carboxylic acids is 1. The summed E-state index contributed by atoms with van der Waals surface area (Å²) in [5, 5.41) is 123. The third-order valence-corrected chi connectivity index (χ3v) is 9.36. The molecule has 12 N–H and O–H groups in total. The van der Waals surface area contributed by atoms with Gasteiger partial charge < -0.3 is 94.4 Å². The molecular formula is C35H46O20. The molecule has 3 fully saturated rings. The van der Waals surface area contributed by atoms with E-state index in [1.807, 2.05) is 0 Å². The quantitative estimate of drug-likeness (QED) is 0.0541. The molecule has 0 radical (unpaired) electrons. The molecule has 0 unspecified atom stereocenters. The first-order chi connectivity index (χ1) is 26.1. The van der Waals surface area contributed by atoms with Crippen molar-refractivity contribution in [2.75, 3.05) is 19.8 Å². The van der Waals surface area contributed by atoms with E-state index in [0.717, 1.165) is 12.1 Å². The van der Waals surface area contributed by atoms with Crippen molar-refractivity contribution in [3.8, 4) is 23.0 Å². The number of hydrogen-bond donors (Lipinski definition) is 12. The highest BCUT2D eigenvalue weighted by atomic mass is 16.8. The van der Waals surface area contributed by atoms with Crippen molar-refractivity contribution in [3.05, 3.63) is 53.6 Å². The van der Waals surface area contributed by atoms with Gasteiger partial charge in [-0.1, -0.05) is 12.1 Å². The normalized spacial score (nSPS) is 36.9. The van der Waals surface area contributed by atoms with Gasteiger partial charge in [-0.3, -0.25) is 0 Å². The average molecular weight is 787 g/mol. The molecule has 3 saturated heterocycles. The van der Waals surface area contributed by atoms with Crippen LogP contribution in [-0.4, -0.2) is 179 Å². The number of benzene rings is 2. The summed E-state index contributed by atoms with van der Waals surface area (Å²) in [6, 6.07) is 7.75. The highest BCUT2D eigenvalue weighted by Crippen LogP contribution is 2.33. The molecule has 20 heteroatoms. The van der Waals surface area contributed by atoms with Gasteiger partial charge in [-0.2, -0.15) is 0 Å². The lowest BCUT2D eigenvalue weighted by atomic mass is 9.96. The molecule has 20 nitrogen and oxygen atoms in total. The maximum absolute atomic E-state index is 13.3. The zero-order valence-corrected chi connectivity index (χ0v) is 29.2. The molecular weight excluding hydrogens is 740 g/mol. The predicted molar refractivity (Wildman–Crippen MR) is 180 cm³/mol. The zero-order valence-electron chi connectivity index (χ0n) is 29.2. The zero-order chi connectivity index (χ0) is 40.1. The number of rotatable bonds is 13. The largest absolute Gasteiger partial charge is 0.504 e. The van der Waals surface area contributed by atoms with Gasteiger partial charge in [0.1, 0.15) is 61.0 Å². The molecule has 0 amide bonds. The number of aromatic hydroxyl groups is 4. The molecule has 306 valence electrons. The number of phenolic OH excluding ortho intramolecular Hbond substituents is 4. The number of ether oxygens (including phenoxy) is 7. The van der Waals surface area contributed by atoms with Gasteiger partial charge >= 0.3 is 5.97 Å². The molecule has 2 aromatic carbocycles. The molecule has 5 rings (SSSR count). The van der Waals surface area contributed by atoms with Crippen LogP contribution in [0.1, 0.15) is 18.1 Å². The van der Waals surface area contributed by atoms with Gasteiger partial charge in [0.15, 0.2) is 48.0 Å². The van der Waals surface area contributed by atoms with E-state index < -0.39 is 123 Å². The van der Waals surface area contributed by atoms with Crippen LogP contribution in [0.5, 0.6) is 23.0 Å². The van der Waals surface area contributed by atoms with Gasteiger partial charge in [0.2, 0.25) is 0 Å². The molecule has 3 heterocycles. The SMILES string of the molecule is C[C@H]1O[C@@H](O[C@H]2[C@H](O)[C@@H](OCCc3ccc(O)c(O)c3)O[C@@H](CO[C@@H]3O[C@H](CO)[C@@H](O)[C@@H](O)[C@@H]3O)[C@@H]2OC(=O)/C=C/c2ccc(O)c(O)c2)[C@H](O)[C@H](O)[C@@H]1O. The second kappa shape index (κ2) is 18.5. The third-order valence-electron chi connectivity index (χ3n) is 9.36. The van der Waals surface area contributed by atoms with Crippen LogP contribution >= 0.6 is 0 Å². The lowest BCUT2D eigenvalue weighted by Gasteiger charge is -2.47. The molecule has 3 aliphatic rings. The van der Waals surface area contributed by atoms with Crippen LogP contribution in [-0.2, 0) is 44.4 Å². The Morgan fingerprint density at radius 2 is 1.29 bits per heavy atom. The van der Waals surface area contributed by atoms with E-state index in [-0.39, 0.29) is 30.1 Å². The first kappa shape index (κ1) is 42.4. The molecule has 0 aliphatic carbocycles. The number of phenols is 4. The number of aliphatic hydroxyl groups excluding tert-OH is 8. The molecule has 0 spiro atoms. The molecule has 0 saturated carbocycles. The van der Waals surface area contributed by atoms with E-state index in [4.69, 9.17) is 33.2 Å². The monoisotopic (exact) mass is 786 g/mol. The molecule has 3 aliphatic heterocycles. The Morgan fingerprint density at radius 1 is 0.673 bits per heavy atom. The summed E-state index contributed by atoms with van der Waals surface area (Å²) in [6.07, 6.45) is -22.6. The van der Waals surface area contributed by atoms with Crippen LogP contribution < -0.4 is 0 Å². The highest BCUT2D eigenvalue weighted by Gasteiger charge is 2.53. The molecule has 0 bridgehead atoms. The van der Waals surface area contributed by atoms with E-state index in [2.05, 4.69) is 0 Å². The van der Waals surface area contributed by atoms with E-state index in [0.29, 0.717) is 5.56 Å². The Bertz CT molecular complexity index is 1610. The van der Waals surface area contributed by atoms with E-state index in [9.17, 15) is 66.1 Å². The van der Waals surface area contributed by atoms with Gasteiger partial charge in [0.05, 0.1) is 25.9 Å². The fourth-order valence-electron chi connectivity index (χ4n) is 6.14. The van der Waals surface area contributed by atoms with Crippen LogP contribution in [0.15, 0.2) is 42.5 Å². The van der Waals surface area contributed by atoms with Gasteiger partial charge in [-0.15, -0.1) is 0 Å². The molecule has 2 aromatic rings. The first-order valence-corrected chi connectivity index (χ1v) is 17.2. The number of hydrogen-bond acceptors (Lipinski definition) is 20. The third kappa shape index (κ3) is 10.0.